The minimum absolute atomic E-state index is 0.0359. The highest BCUT2D eigenvalue weighted by atomic mass is 32.2. The van der Waals surface area contributed by atoms with Gasteiger partial charge in [-0.1, -0.05) is 105 Å². The Balaban J connectivity index is 1.69. The number of amides is 1. The number of carbonyl (C=O) groups is 1. The molecule has 0 radical (unpaired) electrons. The molecule has 1 aromatic heterocycles. The standard InChI is InChI=1S/C32H31N3OS/c1-21-11-16-28(22(2)17-21)34-30(36)20-37-31-27(19-33)26(18-29(35-31)24-9-7-6-8-10-24)23-12-14-25(15-13-23)32(3,4)5/h6-18H,20H2,1-5H3,(H,34,36). The van der Waals surface area contributed by atoms with E-state index in [-0.39, 0.29) is 17.1 Å². The first kappa shape index (κ1) is 26.2. The number of nitrogens with one attached hydrogen (secondary N) is 1. The molecule has 5 heteroatoms. The molecule has 4 nitrogen and oxygen atoms in total. The van der Waals surface area contributed by atoms with Gasteiger partial charge in [0.1, 0.15) is 11.1 Å². The van der Waals surface area contributed by atoms with Crippen molar-refractivity contribution in [2.24, 2.45) is 0 Å². The molecule has 0 saturated heterocycles. The van der Waals surface area contributed by atoms with Crippen LogP contribution in [0.15, 0.2) is 83.9 Å². The zero-order chi connectivity index (χ0) is 26.6. The molecule has 3 aromatic carbocycles. The normalized spacial score (nSPS) is 11.1. The molecule has 0 aliphatic heterocycles. The van der Waals surface area contributed by atoms with Crippen LogP contribution in [0.25, 0.3) is 22.4 Å². The summed E-state index contributed by atoms with van der Waals surface area (Å²) >= 11 is 1.29. The fraction of sp³-hybridized carbons (Fsp3) is 0.219. The molecule has 0 unspecified atom stereocenters. The maximum absolute atomic E-state index is 12.8. The smallest absolute Gasteiger partial charge is 0.234 e. The lowest BCUT2D eigenvalue weighted by Crippen LogP contribution is -2.15. The highest BCUT2D eigenvalue weighted by Gasteiger charge is 2.19. The van der Waals surface area contributed by atoms with Crippen molar-refractivity contribution in [1.29, 1.82) is 5.26 Å². The Morgan fingerprint density at radius 3 is 2.27 bits per heavy atom. The molecule has 0 aliphatic rings. The molecule has 4 rings (SSSR count). The zero-order valence-corrected chi connectivity index (χ0v) is 22.7. The molecule has 1 N–H and O–H groups in total. The van der Waals surface area contributed by atoms with E-state index in [1.54, 1.807) is 0 Å². The molecule has 0 atom stereocenters. The summed E-state index contributed by atoms with van der Waals surface area (Å²) in [6.07, 6.45) is 0. The molecule has 0 fully saturated rings. The average Bonchev–Trinajstić information content (AvgIpc) is 2.88. The second-order valence-corrected chi connectivity index (χ2v) is 11.2. The van der Waals surface area contributed by atoms with Crippen molar-refractivity contribution < 1.29 is 4.79 Å². The Kier molecular flexibility index (Phi) is 7.80. The van der Waals surface area contributed by atoms with Crippen LogP contribution in [0.1, 0.15) is 43.0 Å². The van der Waals surface area contributed by atoms with Gasteiger partial charge >= 0.3 is 0 Å². The minimum atomic E-state index is -0.135. The quantitative estimate of drug-likeness (QED) is 0.270. The fourth-order valence-electron chi connectivity index (χ4n) is 4.14. The van der Waals surface area contributed by atoms with E-state index in [2.05, 4.69) is 56.4 Å². The van der Waals surface area contributed by atoms with Crippen LogP contribution in [0.4, 0.5) is 5.69 Å². The fourth-order valence-corrected chi connectivity index (χ4v) is 4.95. The summed E-state index contributed by atoms with van der Waals surface area (Å²) in [4.78, 5) is 17.6. The predicted molar refractivity (Wildman–Crippen MR) is 154 cm³/mol. The van der Waals surface area contributed by atoms with Gasteiger partial charge < -0.3 is 5.32 Å². The van der Waals surface area contributed by atoms with E-state index in [1.807, 2.05) is 68.4 Å². The van der Waals surface area contributed by atoms with Crippen molar-refractivity contribution in [3.8, 4) is 28.5 Å². The van der Waals surface area contributed by atoms with Gasteiger partial charge in [0.25, 0.3) is 0 Å². The maximum atomic E-state index is 12.8. The van der Waals surface area contributed by atoms with Crippen molar-refractivity contribution in [3.63, 3.8) is 0 Å². The van der Waals surface area contributed by atoms with Crippen LogP contribution in [0, 0.1) is 25.2 Å². The Hall–Kier alpha value is -3.88. The average molecular weight is 506 g/mol. The van der Waals surface area contributed by atoms with Gasteiger partial charge in [0.2, 0.25) is 5.91 Å². The third kappa shape index (κ3) is 6.28. The summed E-state index contributed by atoms with van der Waals surface area (Å²) in [5.41, 5.74) is 8.19. The Morgan fingerprint density at radius 1 is 0.946 bits per heavy atom. The summed E-state index contributed by atoms with van der Waals surface area (Å²) in [6, 6.07) is 28.5. The highest BCUT2D eigenvalue weighted by molar-refractivity contribution is 8.00. The van der Waals surface area contributed by atoms with E-state index < -0.39 is 0 Å². The lowest BCUT2D eigenvalue weighted by Gasteiger charge is -2.19. The number of nitrogens with zero attached hydrogens (tertiary/aromatic N) is 2. The summed E-state index contributed by atoms with van der Waals surface area (Å²) < 4.78 is 0. The van der Waals surface area contributed by atoms with E-state index in [0.29, 0.717) is 10.6 Å². The van der Waals surface area contributed by atoms with Crippen molar-refractivity contribution in [2.75, 3.05) is 11.1 Å². The minimum Gasteiger partial charge on any atom is -0.325 e. The SMILES string of the molecule is Cc1ccc(NC(=O)CSc2nc(-c3ccccc3)cc(-c3ccc(C(C)(C)C)cc3)c2C#N)c(C)c1. The van der Waals surface area contributed by atoms with Crippen molar-refractivity contribution >= 4 is 23.4 Å². The van der Waals surface area contributed by atoms with Gasteiger partial charge in [-0.2, -0.15) is 5.26 Å². The first-order valence-corrected chi connectivity index (χ1v) is 13.3. The van der Waals surface area contributed by atoms with Crippen molar-refractivity contribution in [2.45, 2.75) is 45.1 Å². The number of aromatic nitrogens is 1. The number of nitriles is 1. The topological polar surface area (TPSA) is 65.8 Å². The molecule has 0 spiro atoms. The number of hydrogen-bond acceptors (Lipinski definition) is 4. The van der Waals surface area contributed by atoms with Crippen LogP contribution < -0.4 is 5.32 Å². The monoisotopic (exact) mass is 505 g/mol. The van der Waals surface area contributed by atoms with Crippen molar-refractivity contribution in [1.82, 2.24) is 4.98 Å². The second-order valence-electron chi connectivity index (χ2n) is 10.2. The van der Waals surface area contributed by atoms with Gasteiger partial charge in [-0.05, 0) is 48.1 Å². The van der Waals surface area contributed by atoms with Gasteiger partial charge in [-0.3, -0.25) is 4.79 Å². The van der Waals surface area contributed by atoms with Crippen LogP contribution in [-0.2, 0) is 10.2 Å². The van der Waals surface area contributed by atoms with Crippen molar-refractivity contribution in [3.05, 3.63) is 101 Å². The van der Waals surface area contributed by atoms with Gasteiger partial charge in [-0.25, -0.2) is 4.98 Å². The zero-order valence-electron chi connectivity index (χ0n) is 21.9. The molecule has 4 aromatic rings. The molecule has 0 saturated carbocycles. The maximum Gasteiger partial charge on any atom is 0.234 e. The number of benzene rings is 3. The number of hydrogen-bond donors (Lipinski definition) is 1. The second kappa shape index (κ2) is 11.0. The van der Waals surface area contributed by atoms with Gasteiger partial charge in [0, 0.05) is 16.8 Å². The van der Waals surface area contributed by atoms with E-state index in [4.69, 9.17) is 4.98 Å². The molecule has 37 heavy (non-hydrogen) atoms. The predicted octanol–water partition coefficient (Wildman–Crippen LogP) is 7.93. The number of anilines is 1. The molecule has 1 heterocycles. The molecular formula is C32H31N3OS. The summed E-state index contributed by atoms with van der Waals surface area (Å²) in [5, 5.41) is 13.7. The molecular weight excluding hydrogens is 474 g/mol. The van der Waals surface area contributed by atoms with Crippen LogP contribution in [0.3, 0.4) is 0 Å². The van der Waals surface area contributed by atoms with Gasteiger partial charge in [0.15, 0.2) is 0 Å². The number of thioether (sulfide) groups is 1. The Bertz CT molecular complexity index is 1460. The molecule has 186 valence electrons. The molecule has 0 aliphatic carbocycles. The largest absolute Gasteiger partial charge is 0.325 e. The first-order valence-electron chi connectivity index (χ1n) is 12.3. The van der Waals surface area contributed by atoms with E-state index in [0.717, 1.165) is 39.2 Å². The first-order chi connectivity index (χ1) is 17.7. The number of rotatable bonds is 6. The van der Waals surface area contributed by atoms with Crippen LogP contribution in [0.5, 0.6) is 0 Å². The number of aryl methyl sites for hydroxylation is 2. The molecule has 1 amide bonds. The third-order valence-electron chi connectivity index (χ3n) is 6.23. The van der Waals surface area contributed by atoms with E-state index in [9.17, 15) is 10.1 Å². The third-order valence-corrected chi connectivity index (χ3v) is 7.20. The van der Waals surface area contributed by atoms with Gasteiger partial charge in [-0.15, -0.1) is 0 Å². The molecule has 0 bridgehead atoms. The van der Waals surface area contributed by atoms with Crippen LogP contribution >= 0.6 is 11.8 Å². The lowest BCUT2D eigenvalue weighted by molar-refractivity contribution is -0.113. The lowest BCUT2D eigenvalue weighted by atomic mass is 9.86. The van der Waals surface area contributed by atoms with Crippen LogP contribution in [0.2, 0.25) is 0 Å². The summed E-state index contributed by atoms with van der Waals surface area (Å²) in [6.45, 7) is 10.5. The Morgan fingerprint density at radius 2 is 1.65 bits per heavy atom. The van der Waals surface area contributed by atoms with E-state index in [1.165, 1.54) is 17.3 Å². The summed E-state index contributed by atoms with van der Waals surface area (Å²) in [5.74, 6) is 0.0131. The Labute approximate surface area is 223 Å². The van der Waals surface area contributed by atoms with Crippen LogP contribution in [-0.4, -0.2) is 16.6 Å². The van der Waals surface area contributed by atoms with E-state index >= 15 is 0 Å². The number of carbonyl (C=O) groups excluding carboxylic acids is 1. The highest BCUT2D eigenvalue weighted by Crippen LogP contribution is 2.35. The number of pyridine rings is 1. The summed E-state index contributed by atoms with van der Waals surface area (Å²) in [7, 11) is 0. The van der Waals surface area contributed by atoms with Gasteiger partial charge in [0.05, 0.1) is 17.0 Å².